The number of hydrogen-bond acceptors (Lipinski definition) is 3. The molecule has 0 radical (unpaired) electrons. The molecule has 2 aromatic heterocycles. The normalized spacial score (nSPS) is 10.6. The Morgan fingerprint density at radius 3 is 2.52 bits per heavy atom. The maximum atomic E-state index is 12.8. The summed E-state index contributed by atoms with van der Waals surface area (Å²) in [5.41, 5.74) is 6.58. The number of rotatable bonds is 4. The Labute approximate surface area is 162 Å². The number of pyridine rings is 1. The van der Waals surface area contributed by atoms with Crippen LogP contribution >= 0.6 is 11.3 Å². The summed E-state index contributed by atoms with van der Waals surface area (Å²) in [6, 6.07) is 20.0. The molecule has 2 aromatic carbocycles. The average Bonchev–Trinajstić information content (AvgIpc) is 3.25. The van der Waals surface area contributed by atoms with Gasteiger partial charge in [0, 0.05) is 23.6 Å². The second kappa shape index (κ2) is 7.56. The number of nitrogens with one attached hydrogen (secondary N) is 1. The van der Waals surface area contributed by atoms with Crippen LogP contribution in [0.15, 0.2) is 83.8 Å². The first-order chi connectivity index (χ1) is 13.2. The summed E-state index contributed by atoms with van der Waals surface area (Å²) in [4.78, 5) is 17.0. The van der Waals surface area contributed by atoms with Gasteiger partial charge in [0.15, 0.2) is 0 Å². The number of hydrogen-bond donors (Lipinski definition) is 1. The Hall–Kier alpha value is -3.24. The van der Waals surface area contributed by atoms with Gasteiger partial charge in [-0.15, -0.1) is 0 Å². The monoisotopic (exact) mass is 370 g/mol. The van der Waals surface area contributed by atoms with Gasteiger partial charge < -0.3 is 5.32 Å². The van der Waals surface area contributed by atoms with E-state index in [1.54, 1.807) is 23.7 Å². The minimum absolute atomic E-state index is 0.161. The number of anilines is 1. The van der Waals surface area contributed by atoms with Gasteiger partial charge in [0.05, 0.1) is 5.56 Å². The molecule has 27 heavy (non-hydrogen) atoms. The smallest absolute Gasteiger partial charge is 0.257 e. The van der Waals surface area contributed by atoms with Crippen molar-refractivity contribution in [2.45, 2.75) is 6.92 Å². The van der Waals surface area contributed by atoms with Crippen LogP contribution < -0.4 is 5.32 Å². The number of benzene rings is 2. The maximum Gasteiger partial charge on any atom is 0.257 e. The molecular weight excluding hydrogens is 352 g/mol. The predicted molar refractivity (Wildman–Crippen MR) is 112 cm³/mol. The van der Waals surface area contributed by atoms with Crippen LogP contribution in [0.3, 0.4) is 0 Å². The topological polar surface area (TPSA) is 42.0 Å². The van der Waals surface area contributed by atoms with Gasteiger partial charge in [-0.3, -0.25) is 9.78 Å². The SMILES string of the molecule is Cc1ccc(-c2ccsc2)cc1NC(=O)c1cncc(-c2ccccc2)c1. The summed E-state index contributed by atoms with van der Waals surface area (Å²) in [5.74, 6) is -0.161. The highest BCUT2D eigenvalue weighted by Gasteiger charge is 2.11. The van der Waals surface area contributed by atoms with E-state index >= 15 is 0 Å². The Morgan fingerprint density at radius 1 is 0.889 bits per heavy atom. The van der Waals surface area contributed by atoms with Crippen LogP contribution in [0.2, 0.25) is 0 Å². The van der Waals surface area contributed by atoms with Crippen molar-refractivity contribution in [3.05, 3.63) is 94.9 Å². The molecule has 0 saturated heterocycles. The fourth-order valence-electron chi connectivity index (χ4n) is 2.91. The lowest BCUT2D eigenvalue weighted by Gasteiger charge is -2.11. The van der Waals surface area contributed by atoms with Crippen LogP contribution in [0.4, 0.5) is 5.69 Å². The molecule has 3 nitrogen and oxygen atoms in total. The molecule has 0 spiro atoms. The lowest BCUT2D eigenvalue weighted by atomic mass is 10.0. The summed E-state index contributed by atoms with van der Waals surface area (Å²) in [6.45, 7) is 1.99. The fourth-order valence-corrected chi connectivity index (χ4v) is 3.58. The molecular formula is C23H18N2OS. The number of carbonyl (C=O) groups is 1. The molecule has 1 N–H and O–H groups in total. The molecule has 0 aliphatic rings. The molecule has 0 unspecified atom stereocenters. The van der Waals surface area contributed by atoms with Crippen LogP contribution in [0.25, 0.3) is 22.3 Å². The van der Waals surface area contributed by atoms with Crippen molar-refractivity contribution in [2.24, 2.45) is 0 Å². The summed E-state index contributed by atoms with van der Waals surface area (Å²) >= 11 is 1.66. The van der Waals surface area contributed by atoms with E-state index in [-0.39, 0.29) is 5.91 Å². The lowest BCUT2D eigenvalue weighted by Crippen LogP contribution is -2.13. The van der Waals surface area contributed by atoms with Gasteiger partial charge in [0.25, 0.3) is 5.91 Å². The Kier molecular flexibility index (Phi) is 4.81. The highest BCUT2D eigenvalue weighted by Crippen LogP contribution is 2.27. The van der Waals surface area contributed by atoms with Crippen molar-refractivity contribution >= 4 is 22.9 Å². The number of nitrogens with zero attached hydrogens (tertiary/aromatic N) is 1. The Morgan fingerprint density at radius 2 is 1.74 bits per heavy atom. The third-order valence-electron chi connectivity index (χ3n) is 4.45. The van der Waals surface area contributed by atoms with Crippen molar-refractivity contribution in [2.75, 3.05) is 5.32 Å². The van der Waals surface area contributed by atoms with E-state index in [9.17, 15) is 4.79 Å². The number of aryl methyl sites for hydroxylation is 1. The van der Waals surface area contributed by atoms with Crippen LogP contribution in [0.1, 0.15) is 15.9 Å². The van der Waals surface area contributed by atoms with Crippen molar-refractivity contribution in [3.8, 4) is 22.3 Å². The van der Waals surface area contributed by atoms with Crippen molar-refractivity contribution in [3.63, 3.8) is 0 Å². The average molecular weight is 370 g/mol. The molecule has 0 fully saturated rings. The minimum Gasteiger partial charge on any atom is -0.322 e. The fraction of sp³-hybridized carbons (Fsp3) is 0.0435. The molecule has 4 rings (SSSR count). The zero-order valence-electron chi connectivity index (χ0n) is 14.8. The van der Waals surface area contributed by atoms with Crippen molar-refractivity contribution in [1.29, 1.82) is 0 Å². The molecule has 4 heteroatoms. The van der Waals surface area contributed by atoms with Crippen LogP contribution in [-0.2, 0) is 0 Å². The van der Waals surface area contributed by atoms with Gasteiger partial charge in [-0.05, 0) is 58.1 Å². The third kappa shape index (κ3) is 3.81. The largest absolute Gasteiger partial charge is 0.322 e. The van der Waals surface area contributed by atoms with Crippen molar-refractivity contribution < 1.29 is 4.79 Å². The number of thiophene rings is 1. The zero-order valence-corrected chi connectivity index (χ0v) is 15.7. The number of aromatic nitrogens is 1. The first-order valence-electron chi connectivity index (χ1n) is 8.66. The molecule has 0 aliphatic heterocycles. The third-order valence-corrected chi connectivity index (χ3v) is 5.13. The standard InChI is InChI=1S/C23H18N2OS/c1-16-7-8-18(19-9-10-27-15-19)12-22(16)25-23(26)21-11-20(13-24-14-21)17-5-3-2-4-6-17/h2-15H,1H3,(H,25,26). The summed E-state index contributed by atoms with van der Waals surface area (Å²) in [6.07, 6.45) is 3.37. The van der Waals surface area contributed by atoms with Gasteiger partial charge in [-0.2, -0.15) is 11.3 Å². The quantitative estimate of drug-likeness (QED) is 0.476. The van der Waals surface area contributed by atoms with E-state index in [1.807, 2.05) is 60.8 Å². The van der Waals surface area contributed by atoms with Crippen LogP contribution in [-0.4, -0.2) is 10.9 Å². The molecule has 4 aromatic rings. The van der Waals surface area contributed by atoms with Crippen molar-refractivity contribution in [1.82, 2.24) is 4.98 Å². The van der Waals surface area contributed by atoms with E-state index in [0.29, 0.717) is 5.56 Å². The Bertz CT molecular complexity index is 1070. The maximum absolute atomic E-state index is 12.8. The van der Waals surface area contributed by atoms with E-state index in [4.69, 9.17) is 0 Å². The second-order valence-corrected chi connectivity index (χ2v) is 7.10. The second-order valence-electron chi connectivity index (χ2n) is 6.32. The summed E-state index contributed by atoms with van der Waals surface area (Å²) in [5, 5.41) is 7.18. The lowest BCUT2D eigenvalue weighted by molar-refractivity contribution is 0.102. The minimum atomic E-state index is -0.161. The van der Waals surface area contributed by atoms with E-state index in [0.717, 1.165) is 33.5 Å². The zero-order chi connectivity index (χ0) is 18.6. The van der Waals surface area contributed by atoms with E-state index in [1.165, 1.54) is 0 Å². The highest BCUT2D eigenvalue weighted by molar-refractivity contribution is 7.08. The molecule has 0 aliphatic carbocycles. The van der Waals surface area contributed by atoms with Crippen LogP contribution in [0, 0.1) is 6.92 Å². The molecule has 1 amide bonds. The predicted octanol–water partition coefficient (Wildman–Crippen LogP) is 6.04. The molecule has 2 heterocycles. The van der Waals surface area contributed by atoms with Gasteiger partial charge in [-0.1, -0.05) is 42.5 Å². The van der Waals surface area contributed by atoms with E-state index in [2.05, 4.69) is 27.8 Å². The van der Waals surface area contributed by atoms with Gasteiger partial charge in [-0.25, -0.2) is 0 Å². The van der Waals surface area contributed by atoms with Gasteiger partial charge in [0.2, 0.25) is 0 Å². The first-order valence-corrected chi connectivity index (χ1v) is 9.60. The Balaban J connectivity index is 1.61. The molecule has 0 saturated carbocycles. The number of amides is 1. The first kappa shape index (κ1) is 17.2. The molecule has 0 bridgehead atoms. The molecule has 0 atom stereocenters. The summed E-state index contributed by atoms with van der Waals surface area (Å²) < 4.78 is 0. The van der Waals surface area contributed by atoms with Gasteiger partial charge in [0.1, 0.15) is 0 Å². The van der Waals surface area contributed by atoms with Gasteiger partial charge >= 0.3 is 0 Å². The van der Waals surface area contributed by atoms with E-state index < -0.39 is 0 Å². The number of carbonyl (C=O) groups excluding carboxylic acids is 1. The highest BCUT2D eigenvalue weighted by atomic mass is 32.1. The summed E-state index contributed by atoms with van der Waals surface area (Å²) in [7, 11) is 0. The molecule has 132 valence electrons. The van der Waals surface area contributed by atoms with Crippen LogP contribution in [0.5, 0.6) is 0 Å².